The van der Waals surface area contributed by atoms with Gasteiger partial charge in [-0.25, -0.2) is 4.57 Å². The lowest BCUT2D eigenvalue weighted by molar-refractivity contribution is -0.703. The molecule has 0 unspecified atom stereocenters. The summed E-state index contributed by atoms with van der Waals surface area (Å²) in [6.45, 7) is 5.35. The van der Waals surface area contributed by atoms with Crippen LogP contribution in [0.3, 0.4) is 0 Å². The summed E-state index contributed by atoms with van der Waals surface area (Å²) < 4.78 is 35.8. The predicted octanol–water partition coefficient (Wildman–Crippen LogP) is 5.99. The van der Waals surface area contributed by atoms with Crippen LogP contribution in [0.4, 0.5) is 0 Å². The second-order valence-corrected chi connectivity index (χ2v) is 12.6. The molecule has 0 fully saturated rings. The van der Waals surface area contributed by atoms with E-state index in [1.54, 1.807) is 6.08 Å². The summed E-state index contributed by atoms with van der Waals surface area (Å²) in [6, 6.07) is 4.09. The summed E-state index contributed by atoms with van der Waals surface area (Å²) in [5.41, 5.74) is 2.26. The maximum absolute atomic E-state index is 11.5. The SMILES string of the molecule is CCCCCCCCCCCC[n+]1cccc(C2=IC(S(=O)(=O)O)=CC=C2)c1C. The molecular weight excluding hydrogens is 497 g/mol. The van der Waals surface area contributed by atoms with E-state index in [4.69, 9.17) is 0 Å². The van der Waals surface area contributed by atoms with Crippen LogP contribution in [0.15, 0.2) is 39.5 Å². The molecule has 4 nitrogen and oxygen atoms in total. The molecule has 1 aromatic heterocycles. The Morgan fingerprint density at radius 2 is 1.62 bits per heavy atom. The number of unbranched alkanes of at least 4 members (excludes halogenated alkanes) is 9. The fourth-order valence-electron chi connectivity index (χ4n) is 3.54. The van der Waals surface area contributed by atoms with E-state index in [1.165, 1.54) is 76.0 Å². The van der Waals surface area contributed by atoms with E-state index in [-0.39, 0.29) is 2.91 Å². The van der Waals surface area contributed by atoms with Crippen LogP contribution < -0.4 is 4.57 Å². The zero-order valence-corrected chi connectivity index (χ0v) is 20.7. The Kier molecular flexibility index (Phi) is 10.7. The zero-order chi connectivity index (χ0) is 21.1. The highest BCUT2D eigenvalue weighted by Gasteiger charge is 2.19. The lowest BCUT2D eigenvalue weighted by atomic mass is 10.1. The molecule has 0 atom stereocenters. The Balaban J connectivity index is 1.83. The summed E-state index contributed by atoms with van der Waals surface area (Å²) in [5, 5.41) is 0. The van der Waals surface area contributed by atoms with Gasteiger partial charge in [-0.3, -0.25) is 4.55 Å². The van der Waals surface area contributed by atoms with Crippen molar-refractivity contribution in [3.63, 3.8) is 0 Å². The van der Waals surface area contributed by atoms with Crippen molar-refractivity contribution in [1.29, 1.82) is 0 Å². The van der Waals surface area contributed by atoms with Gasteiger partial charge in [-0.15, -0.1) is 0 Å². The number of allylic oxidation sites excluding steroid dienone is 3. The van der Waals surface area contributed by atoms with E-state index >= 15 is 0 Å². The normalized spacial score (nSPS) is 14.3. The first-order valence-corrected chi connectivity index (χ1v) is 14.4. The molecule has 1 aromatic rings. The molecule has 0 saturated heterocycles. The van der Waals surface area contributed by atoms with Gasteiger partial charge in [0.2, 0.25) is 0 Å². The molecule has 0 spiro atoms. The Morgan fingerprint density at radius 1 is 1.00 bits per heavy atom. The second kappa shape index (κ2) is 12.7. The van der Waals surface area contributed by atoms with Crippen LogP contribution in [-0.4, -0.2) is 16.5 Å². The van der Waals surface area contributed by atoms with E-state index in [2.05, 4.69) is 30.7 Å². The van der Waals surface area contributed by atoms with Gasteiger partial charge in [0.05, 0.1) is 5.56 Å². The van der Waals surface area contributed by atoms with Gasteiger partial charge in [-0.05, 0) is 24.6 Å². The van der Waals surface area contributed by atoms with Crippen molar-refractivity contribution in [2.24, 2.45) is 0 Å². The summed E-state index contributed by atoms with van der Waals surface area (Å²) >= 11 is -0.906. The quantitative estimate of drug-likeness (QED) is 0.147. The number of nitrogens with zero attached hydrogens (tertiary/aromatic N) is 1. The average molecular weight is 533 g/mol. The summed E-state index contributed by atoms with van der Waals surface area (Å²) in [4.78, 5) is 0. The summed E-state index contributed by atoms with van der Waals surface area (Å²) in [6.07, 6.45) is 20.6. The molecule has 0 radical (unpaired) electrons. The van der Waals surface area contributed by atoms with E-state index in [1.807, 2.05) is 12.1 Å². The smallest absolute Gasteiger partial charge is 0.281 e. The molecule has 1 aliphatic rings. The van der Waals surface area contributed by atoms with Gasteiger partial charge in [-0.2, -0.15) is 8.42 Å². The Hall–Kier alpha value is -0.860. The molecule has 0 aromatic carbocycles. The molecule has 29 heavy (non-hydrogen) atoms. The number of aromatic nitrogens is 1. The van der Waals surface area contributed by atoms with Crippen molar-refractivity contribution in [2.45, 2.75) is 84.6 Å². The maximum Gasteiger partial charge on any atom is 0.300 e. The van der Waals surface area contributed by atoms with Crippen LogP contribution >= 0.6 is 20.7 Å². The average Bonchev–Trinajstić information content (AvgIpc) is 2.70. The summed E-state index contributed by atoms with van der Waals surface area (Å²) in [5.74, 6) is 0. The van der Waals surface area contributed by atoms with Crippen LogP contribution in [0, 0.1) is 6.92 Å². The van der Waals surface area contributed by atoms with Crippen LogP contribution in [0.5, 0.6) is 0 Å². The van der Waals surface area contributed by atoms with E-state index in [9.17, 15) is 13.0 Å². The van der Waals surface area contributed by atoms with Crippen molar-refractivity contribution >= 4 is 34.4 Å². The van der Waals surface area contributed by atoms with Gasteiger partial charge in [0, 0.05) is 22.9 Å². The highest BCUT2D eigenvalue weighted by Crippen LogP contribution is 2.28. The van der Waals surface area contributed by atoms with Crippen molar-refractivity contribution in [1.82, 2.24) is 0 Å². The van der Waals surface area contributed by atoms with Crippen molar-refractivity contribution in [2.75, 3.05) is 0 Å². The second-order valence-electron chi connectivity index (χ2n) is 7.63. The van der Waals surface area contributed by atoms with E-state index < -0.39 is 30.8 Å². The first kappa shape index (κ1) is 24.4. The molecule has 0 bridgehead atoms. The van der Waals surface area contributed by atoms with Gasteiger partial charge in [0.25, 0.3) is 10.1 Å². The molecule has 6 heteroatoms. The molecule has 0 aliphatic carbocycles. The first-order chi connectivity index (χ1) is 13.9. The van der Waals surface area contributed by atoms with Crippen LogP contribution in [0.2, 0.25) is 0 Å². The van der Waals surface area contributed by atoms with Crippen molar-refractivity contribution in [3.8, 4) is 0 Å². The highest BCUT2D eigenvalue weighted by atomic mass is 127. The third kappa shape index (κ3) is 8.42. The van der Waals surface area contributed by atoms with Gasteiger partial charge >= 0.3 is 0 Å². The Labute approximate surface area is 186 Å². The maximum atomic E-state index is 11.5. The number of pyridine rings is 1. The fraction of sp³-hybridized carbons (Fsp3) is 0.565. The molecule has 1 N–H and O–H groups in total. The third-order valence-corrected chi connectivity index (χ3v) is 10.5. The first-order valence-electron chi connectivity index (χ1n) is 10.8. The molecule has 1 aliphatic heterocycles. The van der Waals surface area contributed by atoms with E-state index in [0.29, 0.717) is 0 Å². The number of hydrogen-bond acceptors (Lipinski definition) is 2. The van der Waals surface area contributed by atoms with Crippen molar-refractivity contribution in [3.05, 3.63) is 50.7 Å². The highest BCUT2D eigenvalue weighted by molar-refractivity contribution is 14.2. The van der Waals surface area contributed by atoms with Crippen LogP contribution in [0.1, 0.15) is 82.4 Å². The predicted molar refractivity (Wildman–Crippen MR) is 130 cm³/mol. The molecular formula is C23H35INO3S+. The van der Waals surface area contributed by atoms with Gasteiger partial charge in [-0.1, -0.05) is 85.1 Å². The molecule has 162 valence electrons. The molecule has 0 saturated carbocycles. The monoisotopic (exact) mass is 532 g/mol. The minimum absolute atomic E-state index is 0.165. The zero-order valence-electron chi connectivity index (χ0n) is 17.7. The summed E-state index contributed by atoms with van der Waals surface area (Å²) in [7, 11) is -4.09. The molecule has 0 amide bonds. The fourth-order valence-corrected chi connectivity index (χ4v) is 7.49. The van der Waals surface area contributed by atoms with Crippen LogP contribution in [-0.2, 0) is 16.7 Å². The minimum Gasteiger partial charge on any atom is -0.281 e. The Bertz CT molecular complexity index is 857. The number of halogens is 1. The van der Waals surface area contributed by atoms with Gasteiger partial charge in [0.1, 0.15) is 9.46 Å². The van der Waals surface area contributed by atoms with Gasteiger partial charge in [0.15, 0.2) is 11.9 Å². The topological polar surface area (TPSA) is 58.2 Å². The minimum atomic E-state index is -4.09. The van der Waals surface area contributed by atoms with Crippen LogP contribution in [0.25, 0.3) is 0 Å². The Morgan fingerprint density at radius 3 is 2.24 bits per heavy atom. The lowest BCUT2D eigenvalue weighted by Crippen LogP contribution is -2.38. The van der Waals surface area contributed by atoms with Crippen molar-refractivity contribution < 1.29 is 17.5 Å². The standard InChI is InChI=1S/C23H34INO3S/c1-3-4-5-6-7-8-9-10-11-12-18-25-19-14-15-21(20(25)2)22-16-13-17-23(24-22)29(26,27)28/h13-17,19H,3-12,18H2,1-2H3/p+1. The van der Waals surface area contributed by atoms with E-state index in [0.717, 1.165) is 15.6 Å². The number of aryl methyl sites for hydroxylation is 1. The number of hydrogen-bond donors (Lipinski definition) is 1. The lowest BCUT2D eigenvalue weighted by Gasteiger charge is -2.09. The van der Waals surface area contributed by atoms with Gasteiger partial charge < -0.3 is 0 Å². The number of rotatable bonds is 13. The largest absolute Gasteiger partial charge is 0.300 e. The molecule has 2 rings (SSSR count). The third-order valence-electron chi connectivity index (χ3n) is 5.27. The molecule has 2 heterocycles.